The van der Waals surface area contributed by atoms with Crippen molar-refractivity contribution < 1.29 is 19.4 Å². The Morgan fingerprint density at radius 2 is 1.81 bits per heavy atom. The first-order chi connectivity index (χ1) is 10.0. The predicted molar refractivity (Wildman–Crippen MR) is 82.0 cm³/mol. The van der Waals surface area contributed by atoms with Crippen molar-refractivity contribution in [1.29, 1.82) is 0 Å². The Hall–Kier alpha value is -2.34. The average molecular weight is 350 g/mol. The summed E-state index contributed by atoms with van der Waals surface area (Å²) in [6.45, 7) is 0. The summed E-state index contributed by atoms with van der Waals surface area (Å²) in [4.78, 5) is 23.1. The van der Waals surface area contributed by atoms with Gasteiger partial charge in [-0.2, -0.15) is 0 Å². The number of carbonyl (C=O) groups is 2. The van der Waals surface area contributed by atoms with Crippen LogP contribution in [0.15, 0.2) is 46.9 Å². The summed E-state index contributed by atoms with van der Waals surface area (Å²) in [5.74, 6) is -0.734. The van der Waals surface area contributed by atoms with Crippen LogP contribution in [0.1, 0.15) is 20.7 Å². The number of rotatable bonds is 4. The quantitative estimate of drug-likeness (QED) is 0.886. The molecule has 0 spiro atoms. The molecule has 0 saturated heterocycles. The summed E-state index contributed by atoms with van der Waals surface area (Å²) < 4.78 is 5.48. The number of benzene rings is 2. The molecule has 5 nitrogen and oxygen atoms in total. The van der Waals surface area contributed by atoms with E-state index >= 15 is 0 Å². The molecule has 0 saturated carbocycles. The van der Waals surface area contributed by atoms with Crippen molar-refractivity contribution >= 4 is 33.5 Å². The molecule has 0 aliphatic rings. The maximum absolute atomic E-state index is 12.1. The highest BCUT2D eigenvalue weighted by molar-refractivity contribution is 9.10. The summed E-state index contributed by atoms with van der Waals surface area (Å²) in [5, 5.41) is 11.7. The smallest absolute Gasteiger partial charge is 0.336 e. The predicted octanol–water partition coefficient (Wildman–Crippen LogP) is 3.41. The first kappa shape index (κ1) is 15.1. The van der Waals surface area contributed by atoms with Gasteiger partial charge in [-0.25, -0.2) is 4.79 Å². The maximum Gasteiger partial charge on any atom is 0.336 e. The Bertz CT molecular complexity index is 683. The van der Waals surface area contributed by atoms with Crippen molar-refractivity contribution in [1.82, 2.24) is 0 Å². The summed E-state index contributed by atoms with van der Waals surface area (Å²) in [5.41, 5.74) is 0.953. The van der Waals surface area contributed by atoms with Crippen LogP contribution >= 0.6 is 15.9 Å². The number of ether oxygens (including phenoxy) is 1. The van der Waals surface area contributed by atoms with Crippen molar-refractivity contribution in [3.05, 3.63) is 58.1 Å². The zero-order valence-corrected chi connectivity index (χ0v) is 12.7. The Balaban J connectivity index is 2.19. The normalized spacial score (nSPS) is 10.0. The van der Waals surface area contributed by atoms with Crippen LogP contribution in [0.25, 0.3) is 0 Å². The number of nitrogens with one attached hydrogen (secondary N) is 1. The number of carboxylic acid groups (broad SMARTS) is 1. The SMILES string of the molecule is COc1ccc(C(=O)Nc2ccc(Br)c(C(=O)O)c2)cc1. The van der Waals surface area contributed by atoms with Gasteiger partial charge in [-0.3, -0.25) is 4.79 Å². The Labute approximate surface area is 129 Å². The lowest BCUT2D eigenvalue weighted by atomic mass is 10.1. The van der Waals surface area contributed by atoms with E-state index in [2.05, 4.69) is 21.2 Å². The Morgan fingerprint density at radius 3 is 2.38 bits per heavy atom. The van der Waals surface area contributed by atoms with E-state index in [4.69, 9.17) is 9.84 Å². The summed E-state index contributed by atoms with van der Waals surface area (Å²) in [7, 11) is 1.55. The highest BCUT2D eigenvalue weighted by Crippen LogP contribution is 2.22. The highest BCUT2D eigenvalue weighted by atomic mass is 79.9. The molecular formula is C15H12BrNO4. The van der Waals surface area contributed by atoms with Crippen molar-refractivity contribution in [2.24, 2.45) is 0 Å². The number of methoxy groups -OCH3 is 1. The van der Waals surface area contributed by atoms with Crippen LogP contribution in [0, 0.1) is 0 Å². The number of carbonyl (C=O) groups excluding carboxylic acids is 1. The van der Waals surface area contributed by atoms with Gasteiger partial charge in [0.1, 0.15) is 5.75 Å². The average Bonchev–Trinajstić information content (AvgIpc) is 2.49. The molecule has 2 aromatic rings. The number of carboxylic acids is 1. The standard InChI is InChI=1S/C15H12BrNO4/c1-21-11-5-2-9(3-6-11)14(18)17-10-4-7-13(16)12(8-10)15(19)20/h2-8H,1H3,(H,17,18)(H,19,20). The number of amides is 1. The van der Waals surface area contributed by atoms with Crippen molar-refractivity contribution in [3.63, 3.8) is 0 Å². The Kier molecular flexibility index (Phi) is 4.59. The maximum atomic E-state index is 12.1. The van der Waals surface area contributed by atoms with Gasteiger partial charge >= 0.3 is 5.97 Å². The third-order valence-corrected chi connectivity index (χ3v) is 3.50. The van der Waals surface area contributed by atoms with Gasteiger partial charge in [0, 0.05) is 15.7 Å². The second-order valence-corrected chi connectivity index (χ2v) is 5.04. The van der Waals surface area contributed by atoms with E-state index in [9.17, 15) is 9.59 Å². The topological polar surface area (TPSA) is 75.6 Å². The van der Waals surface area contributed by atoms with Crippen LogP contribution in [0.2, 0.25) is 0 Å². The molecule has 0 fully saturated rings. The van der Waals surface area contributed by atoms with E-state index in [-0.39, 0.29) is 11.5 Å². The minimum absolute atomic E-state index is 0.0857. The van der Waals surface area contributed by atoms with Gasteiger partial charge in [-0.05, 0) is 58.4 Å². The van der Waals surface area contributed by atoms with E-state index in [0.717, 1.165) is 0 Å². The Morgan fingerprint density at radius 1 is 1.14 bits per heavy atom. The fraction of sp³-hybridized carbons (Fsp3) is 0.0667. The molecule has 2 rings (SSSR count). The van der Waals surface area contributed by atoms with Crippen molar-refractivity contribution in [3.8, 4) is 5.75 Å². The molecular weight excluding hydrogens is 338 g/mol. The van der Waals surface area contributed by atoms with Gasteiger partial charge in [0.25, 0.3) is 5.91 Å². The lowest BCUT2D eigenvalue weighted by Gasteiger charge is -2.08. The fourth-order valence-corrected chi connectivity index (χ4v) is 2.13. The third kappa shape index (κ3) is 3.61. The van der Waals surface area contributed by atoms with Gasteiger partial charge in [0.05, 0.1) is 12.7 Å². The molecule has 0 bridgehead atoms. The molecule has 0 radical (unpaired) electrons. The van der Waals surface area contributed by atoms with Gasteiger partial charge < -0.3 is 15.2 Å². The summed E-state index contributed by atoms with van der Waals surface area (Å²) in [6, 6.07) is 11.2. The van der Waals surface area contributed by atoms with Gasteiger partial charge in [0.15, 0.2) is 0 Å². The number of halogens is 1. The zero-order chi connectivity index (χ0) is 15.4. The zero-order valence-electron chi connectivity index (χ0n) is 11.1. The van der Waals surface area contributed by atoms with Gasteiger partial charge in [-0.1, -0.05) is 0 Å². The molecule has 0 aliphatic carbocycles. The molecule has 2 aromatic carbocycles. The first-order valence-electron chi connectivity index (χ1n) is 5.99. The van der Waals surface area contributed by atoms with Crippen molar-refractivity contribution in [2.75, 3.05) is 12.4 Å². The fourth-order valence-electron chi connectivity index (χ4n) is 1.71. The van der Waals surface area contributed by atoms with Crippen LogP contribution in [-0.2, 0) is 0 Å². The lowest BCUT2D eigenvalue weighted by Crippen LogP contribution is -2.12. The first-order valence-corrected chi connectivity index (χ1v) is 6.79. The van der Waals surface area contributed by atoms with Gasteiger partial charge in [-0.15, -0.1) is 0 Å². The second-order valence-electron chi connectivity index (χ2n) is 4.18. The lowest BCUT2D eigenvalue weighted by molar-refractivity contribution is 0.0695. The minimum atomic E-state index is -1.07. The van der Waals surface area contributed by atoms with Crippen LogP contribution in [-0.4, -0.2) is 24.1 Å². The monoisotopic (exact) mass is 349 g/mol. The van der Waals surface area contributed by atoms with Gasteiger partial charge in [0.2, 0.25) is 0 Å². The van der Waals surface area contributed by atoms with E-state index < -0.39 is 5.97 Å². The molecule has 21 heavy (non-hydrogen) atoms. The molecule has 0 atom stereocenters. The molecule has 2 N–H and O–H groups in total. The molecule has 108 valence electrons. The number of aromatic carboxylic acids is 1. The number of anilines is 1. The van der Waals surface area contributed by atoms with Crippen LogP contribution in [0.4, 0.5) is 5.69 Å². The van der Waals surface area contributed by atoms with E-state index in [1.807, 2.05) is 0 Å². The highest BCUT2D eigenvalue weighted by Gasteiger charge is 2.11. The third-order valence-electron chi connectivity index (χ3n) is 2.81. The van der Waals surface area contributed by atoms with E-state index in [1.165, 1.54) is 6.07 Å². The minimum Gasteiger partial charge on any atom is -0.497 e. The molecule has 0 aliphatic heterocycles. The molecule has 0 unspecified atom stereocenters. The van der Waals surface area contributed by atoms with Crippen LogP contribution in [0.5, 0.6) is 5.75 Å². The molecule has 0 heterocycles. The molecule has 1 amide bonds. The summed E-state index contributed by atoms with van der Waals surface area (Å²) >= 11 is 3.15. The molecule has 6 heteroatoms. The number of hydrogen-bond donors (Lipinski definition) is 2. The van der Waals surface area contributed by atoms with Crippen LogP contribution < -0.4 is 10.1 Å². The number of hydrogen-bond acceptors (Lipinski definition) is 3. The largest absolute Gasteiger partial charge is 0.497 e. The van der Waals surface area contributed by atoms with Crippen molar-refractivity contribution in [2.45, 2.75) is 0 Å². The molecule has 0 aromatic heterocycles. The summed E-state index contributed by atoms with van der Waals surface area (Å²) in [6.07, 6.45) is 0. The van der Waals surface area contributed by atoms with E-state index in [1.54, 1.807) is 43.5 Å². The second kappa shape index (κ2) is 6.41. The van der Waals surface area contributed by atoms with Crippen LogP contribution in [0.3, 0.4) is 0 Å². The van der Waals surface area contributed by atoms with E-state index in [0.29, 0.717) is 21.5 Å².